The molecule has 1 unspecified atom stereocenters. The number of likely N-dealkylation sites (N-methyl/N-ethyl adjacent to an activating group) is 1. The minimum absolute atomic E-state index is 0.00655. The maximum Gasteiger partial charge on any atom is 0.223 e. The van der Waals surface area contributed by atoms with Gasteiger partial charge in [0.2, 0.25) is 5.91 Å². The molecule has 4 heteroatoms. The van der Waals surface area contributed by atoms with Crippen molar-refractivity contribution in [2.24, 2.45) is 0 Å². The monoisotopic (exact) mass is 249 g/mol. The molecule has 98 valence electrons. The second-order valence-corrected chi connectivity index (χ2v) is 4.61. The first-order valence-electron chi connectivity index (χ1n) is 6.29. The number of para-hydroxylation sites is 1. The molecule has 1 aromatic rings. The van der Waals surface area contributed by atoms with Crippen LogP contribution in [0.4, 0.5) is 0 Å². The highest BCUT2D eigenvalue weighted by atomic mass is 16.5. The summed E-state index contributed by atoms with van der Waals surface area (Å²) in [4.78, 5) is 13.6. The van der Waals surface area contributed by atoms with Gasteiger partial charge in [-0.1, -0.05) is 18.2 Å². The highest BCUT2D eigenvalue weighted by Gasteiger charge is 2.24. The molecule has 18 heavy (non-hydrogen) atoms. The lowest BCUT2D eigenvalue weighted by Crippen LogP contribution is -2.31. The third-order valence-electron chi connectivity index (χ3n) is 3.36. The first-order chi connectivity index (χ1) is 8.72. The van der Waals surface area contributed by atoms with E-state index >= 15 is 0 Å². The van der Waals surface area contributed by atoms with E-state index < -0.39 is 0 Å². The molecule has 1 aliphatic heterocycles. The molecule has 0 aromatic heterocycles. The fourth-order valence-electron chi connectivity index (χ4n) is 2.27. The van der Waals surface area contributed by atoms with Gasteiger partial charge in [-0.15, -0.1) is 0 Å². The summed E-state index contributed by atoms with van der Waals surface area (Å²) in [5.74, 6) is 1.20. The predicted molar refractivity (Wildman–Crippen MR) is 68.6 cm³/mol. The normalized spacial score (nSPS) is 17.8. The second-order valence-electron chi connectivity index (χ2n) is 4.61. The van der Waals surface area contributed by atoms with E-state index in [0.29, 0.717) is 19.6 Å². The van der Waals surface area contributed by atoms with Crippen molar-refractivity contribution >= 4 is 5.91 Å². The van der Waals surface area contributed by atoms with Crippen LogP contribution >= 0.6 is 0 Å². The van der Waals surface area contributed by atoms with Crippen LogP contribution in [0.5, 0.6) is 5.75 Å². The van der Waals surface area contributed by atoms with Crippen LogP contribution in [0.1, 0.15) is 24.3 Å². The number of nitrogens with zero attached hydrogens (tertiary/aromatic N) is 1. The summed E-state index contributed by atoms with van der Waals surface area (Å²) in [5, 5.41) is 8.84. The van der Waals surface area contributed by atoms with Gasteiger partial charge in [-0.25, -0.2) is 0 Å². The van der Waals surface area contributed by atoms with Crippen LogP contribution in [0.2, 0.25) is 0 Å². The number of rotatable bonds is 4. The Morgan fingerprint density at radius 1 is 1.50 bits per heavy atom. The molecule has 4 nitrogen and oxygen atoms in total. The van der Waals surface area contributed by atoms with Gasteiger partial charge in [-0.2, -0.15) is 0 Å². The van der Waals surface area contributed by atoms with Gasteiger partial charge in [0.15, 0.2) is 0 Å². The Labute approximate surface area is 107 Å². The Morgan fingerprint density at radius 3 is 3.06 bits per heavy atom. The molecule has 0 saturated heterocycles. The van der Waals surface area contributed by atoms with Crippen molar-refractivity contribution < 1.29 is 14.6 Å². The first-order valence-corrected chi connectivity index (χ1v) is 6.29. The van der Waals surface area contributed by atoms with Gasteiger partial charge in [0.1, 0.15) is 5.75 Å². The van der Waals surface area contributed by atoms with E-state index in [9.17, 15) is 4.79 Å². The number of carbonyl (C=O) groups is 1. The van der Waals surface area contributed by atoms with Gasteiger partial charge in [-0.05, 0) is 24.0 Å². The van der Waals surface area contributed by atoms with Crippen LogP contribution in [0.15, 0.2) is 24.3 Å². The van der Waals surface area contributed by atoms with Crippen LogP contribution < -0.4 is 4.74 Å². The van der Waals surface area contributed by atoms with Crippen molar-refractivity contribution in [3.63, 3.8) is 0 Å². The maximum atomic E-state index is 12.0. The number of fused-ring (bicyclic) bond motifs is 1. The molecule has 0 bridgehead atoms. The molecular weight excluding hydrogens is 230 g/mol. The highest BCUT2D eigenvalue weighted by Crippen LogP contribution is 2.35. The molecule has 1 heterocycles. The fourth-order valence-corrected chi connectivity index (χ4v) is 2.27. The number of carbonyl (C=O) groups excluding carboxylic acids is 1. The Morgan fingerprint density at radius 2 is 2.28 bits per heavy atom. The summed E-state index contributed by atoms with van der Waals surface area (Å²) < 4.78 is 5.58. The van der Waals surface area contributed by atoms with Crippen LogP contribution in [-0.4, -0.2) is 42.7 Å². The van der Waals surface area contributed by atoms with Crippen molar-refractivity contribution in [3.05, 3.63) is 29.8 Å². The van der Waals surface area contributed by atoms with Gasteiger partial charge in [0, 0.05) is 20.0 Å². The zero-order chi connectivity index (χ0) is 13.0. The number of aliphatic hydroxyl groups is 1. The Hall–Kier alpha value is -1.55. The van der Waals surface area contributed by atoms with Crippen molar-refractivity contribution in [1.82, 2.24) is 4.90 Å². The number of amides is 1. The largest absolute Gasteiger partial charge is 0.493 e. The van der Waals surface area contributed by atoms with E-state index in [-0.39, 0.29) is 18.4 Å². The van der Waals surface area contributed by atoms with Gasteiger partial charge in [-0.3, -0.25) is 4.79 Å². The zero-order valence-corrected chi connectivity index (χ0v) is 10.6. The smallest absolute Gasteiger partial charge is 0.223 e. The maximum absolute atomic E-state index is 12.0. The van der Waals surface area contributed by atoms with Crippen LogP contribution in [0.25, 0.3) is 0 Å². The topological polar surface area (TPSA) is 49.8 Å². The average molecular weight is 249 g/mol. The summed E-state index contributed by atoms with van der Waals surface area (Å²) in [7, 11) is 1.73. The highest BCUT2D eigenvalue weighted by molar-refractivity contribution is 5.77. The Bertz CT molecular complexity index is 419. The fraction of sp³-hybridized carbons (Fsp3) is 0.500. The summed E-state index contributed by atoms with van der Waals surface area (Å²) in [5.41, 5.74) is 1.12. The predicted octanol–water partition coefficient (Wildman–Crippen LogP) is 1.39. The van der Waals surface area contributed by atoms with E-state index in [1.165, 1.54) is 0 Å². The Kier molecular flexibility index (Phi) is 4.20. The minimum Gasteiger partial charge on any atom is -0.493 e. The molecule has 1 aromatic carbocycles. The van der Waals surface area contributed by atoms with Gasteiger partial charge in [0.25, 0.3) is 0 Å². The average Bonchev–Trinajstić information content (AvgIpc) is 2.39. The lowest BCUT2D eigenvalue weighted by molar-refractivity contribution is -0.130. The van der Waals surface area contributed by atoms with E-state index in [2.05, 4.69) is 0 Å². The van der Waals surface area contributed by atoms with Crippen molar-refractivity contribution in [1.29, 1.82) is 0 Å². The van der Waals surface area contributed by atoms with Crippen LogP contribution in [0, 0.1) is 0 Å². The van der Waals surface area contributed by atoms with Crippen molar-refractivity contribution in [2.45, 2.75) is 18.8 Å². The van der Waals surface area contributed by atoms with Gasteiger partial charge in [0.05, 0.1) is 13.2 Å². The van der Waals surface area contributed by atoms with Gasteiger partial charge < -0.3 is 14.7 Å². The third-order valence-corrected chi connectivity index (χ3v) is 3.36. The molecule has 2 rings (SSSR count). The standard InChI is InChI=1S/C14H19NO3/c1-15(7-8-16)14(17)10-11-6-9-18-13-5-3-2-4-12(11)13/h2-5,11,16H,6-10H2,1H3. The lowest BCUT2D eigenvalue weighted by Gasteiger charge is -2.27. The first kappa shape index (κ1) is 12.9. The molecule has 1 atom stereocenters. The molecular formula is C14H19NO3. The van der Waals surface area contributed by atoms with E-state index in [0.717, 1.165) is 17.7 Å². The van der Waals surface area contributed by atoms with Crippen LogP contribution in [0.3, 0.4) is 0 Å². The number of hydrogen-bond acceptors (Lipinski definition) is 3. The molecule has 0 fully saturated rings. The van der Waals surface area contributed by atoms with Gasteiger partial charge >= 0.3 is 0 Å². The van der Waals surface area contributed by atoms with Crippen molar-refractivity contribution in [3.8, 4) is 5.75 Å². The summed E-state index contributed by atoms with van der Waals surface area (Å²) in [6.45, 7) is 1.06. The molecule has 1 aliphatic rings. The minimum atomic E-state index is 0.00655. The molecule has 0 saturated carbocycles. The van der Waals surface area contributed by atoms with E-state index in [4.69, 9.17) is 9.84 Å². The second kappa shape index (κ2) is 5.87. The van der Waals surface area contributed by atoms with E-state index in [1.54, 1.807) is 11.9 Å². The van der Waals surface area contributed by atoms with E-state index in [1.807, 2.05) is 24.3 Å². The lowest BCUT2D eigenvalue weighted by atomic mass is 9.90. The summed E-state index contributed by atoms with van der Waals surface area (Å²) >= 11 is 0. The number of benzene rings is 1. The summed E-state index contributed by atoms with van der Waals surface area (Å²) in [6, 6.07) is 7.89. The van der Waals surface area contributed by atoms with Crippen molar-refractivity contribution in [2.75, 3.05) is 26.8 Å². The summed E-state index contributed by atoms with van der Waals surface area (Å²) in [6.07, 6.45) is 1.35. The molecule has 0 radical (unpaired) electrons. The number of ether oxygens (including phenoxy) is 1. The quantitative estimate of drug-likeness (QED) is 0.877. The number of hydrogen-bond donors (Lipinski definition) is 1. The SMILES string of the molecule is CN(CCO)C(=O)CC1CCOc2ccccc21. The molecule has 1 N–H and O–H groups in total. The third kappa shape index (κ3) is 2.82. The molecule has 1 amide bonds. The number of aliphatic hydroxyl groups excluding tert-OH is 1. The zero-order valence-electron chi connectivity index (χ0n) is 10.6. The molecule has 0 aliphatic carbocycles. The van der Waals surface area contributed by atoms with Crippen LogP contribution in [-0.2, 0) is 4.79 Å². The Balaban J connectivity index is 2.05. The molecule has 0 spiro atoms.